The Balaban J connectivity index is 2.61. The minimum atomic E-state index is -5.41. The van der Waals surface area contributed by atoms with E-state index in [2.05, 4.69) is 0 Å². The lowest BCUT2D eigenvalue weighted by atomic mass is 10.0. The van der Waals surface area contributed by atoms with Gasteiger partial charge in [-0.1, -0.05) is 6.07 Å². The van der Waals surface area contributed by atoms with E-state index in [-0.39, 0.29) is 21.0 Å². The van der Waals surface area contributed by atoms with Gasteiger partial charge in [0.1, 0.15) is 11.3 Å². The Hall–Kier alpha value is -1.44. The van der Waals surface area contributed by atoms with Gasteiger partial charge < -0.3 is 5.11 Å². The molecule has 0 aliphatic rings. The molecule has 0 aliphatic carbocycles. The lowest BCUT2D eigenvalue weighted by molar-refractivity contribution is -0.144. The largest absolute Gasteiger partial charge is 0.507 e. The van der Waals surface area contributed by atoms with Gasteiger partial charge in [-0.3, -0.25) is 0 Å². The fourth-order valence-corrected chi connectivity index (χ4v) is 5.03. The summed E-state index contributed by atoms with van der Waals surface area (Å²) in [5.41, 5.74) is -5.20. The first-order valence-corrected chi connectivity index (χ1v) is 8.65. The molecule has 0 amide bonds. The smallest absolute Gasteiger partial charge is 0.421 e. The summed E-state index contributed by atoms with van der Waals surface area (Å²) in [4.78, 5) is 0. The molecule has 1 heterocycles. The number of fused-ring (bicyclic) bond motifs is 3. The van der Waals surface area contributed by atoms with Crippen LogP contribution in [-0.2, 0) is 18.5 Å². The van der Waals surface area contributed by atoms with Gasteiger partial charge in [0.15, 0.2) is 0 Å². The minimum absolute atomic E-state index is 0.0442. The highest BCUT2D eigenvalue weighted by atomic mass is 127. The molecule has 0 aliphatic heterocycles. The van der Waals surface area contributed by atoms with Crippen molar-refractivity contribution in [2.75, 3.05) is 0 Å². The molecule has 3 rings (SSSR count). The van der Waals surface area contributed by atoms with E-state index in [1.165, 1.54) is 22.6 Å². The summed E-state index contributed by atoms with van der Waals surface area (Å²) in [6.07, 6.45) is -15.7. The highest BCUT2D eigenvalue weighted by molar-refractivity contribution is 14.1. The maximum Gasteiger partial charge on any atom is 0.421 e. The number of phenols is 1. The van der Waals surface area contributed by atoms with E-state index in [0.717, 1.165) is 12.1 Å². The van der Waals surface area contributed by atoms with Crippen molar-refractivity contribution >= 4 is 54.1 Å². The third kappa shape index (κ3) is 3.30. The van der Waals surface area contributed by atoms with Crippen LogP contribution in [0.15, 0.2) is 18.2 Å². The fraction of sp³-hybridized carbons (Fsp3) is 0.200. The van der Waals surface area contributed by atoms with Crippen molar-refractivity contribution in [3.63, 3.8) is 0 Å². The molecule has 0 saturated heterocycles. The predicted molar refractivity (Wildman–Crippen MR) is 88.7 cm³/mol. The number of hydrogen-bond donors (Lipinski definition) is 1. The molecule has 0 unspecified atom stereocenters. The highest BCUT2D eigenvalue weighted by Gasteiger charge is 2.44. The topological polar surface area (TPSA) is 20.2 Å². The predicted octanol–water partition coefficient (Wildman–Crippen LogP) is 7.42. The second kappa shape index (κ2) is 6.03. The first kappa shape index (κ1) is 20.3. The summed E-state index contributed by atoms with van der Waals surface area (Å²) in [7, 11) is 0. The number of halogens is 10. The number of hydrogen-bond acceptors (Lipinski definition) is 2. The quantitative estimate of drug-likeness (QED) is 0.237. The molecule has 0 atom stereocenters. The van der Waals surface area contributed by atoms with Crippen LogP contribution < -0.4 is 0 Å². The summed E-state index contributed by atoms with van der Waals surface area (Å²) in [6, 6.07) is 2.24. The Morgan fingerprint density at radius 3 is 1.74 bits per heavy atom. The number of benzene rings is 2. The van der Waals surface area contributed by atoms with E-state index < -0.39 is 61.1 Å². The zero-order valence-electron chi connectivity index (χ0n) is 12.4. The molecule has 2 aromatic carbocycles. The van der Waals surface area contributed by atoms with Crippen molar-refractivity contribution < 1.29 is 44.6 Å². The third-order valence-electron chi connectivity index (χ3n) is 3.73. The maximum atomic E-state index is 13.3. The molecule has 1 nitrogen and oxygen atoms in total. The number of alkyl halides is 9. The number of rotatable bonds is 0. The first-order chi connectivity index (χ1) is 12.1. The van der Waals surface area contributed by atoms with Gasteiger partial charge in [-0.15, -0.1) is 11.3 Å². The SMILES string of the molecule is Oc1c(C(F)(F)F)cc2c(sc3c(C(F)(F)F)c(I)ccc32)c1C(F)(F)F. The van der Waals surface area contributed by atoms with Crippen LogP contribution in [0.5, 0.6) is 5.75 Å². The monoisotopic (exact) mass is 530 g/mol. The average Bonchev–Trinajstić information content (AvgIpc) is 2.79. The zero-order valence-corrected chi connectivity index (χ0v) is 15.3. The van der Waals surface area contributed by atoms with Crippen LogP contribution in [0, 0.1) is 3.57 Å². The Bertz CT molecular complexity index is 1060. The standard InChI is InChI=1S/C15H4F9IOS/c16-13(17,18)6-3-5-4-1-2-7(25)8(14(19,20)21)11(4)27-12(5)9(10(6)26)15(22,23)24/h1-3,26H. The molecule has 0 radical (unpaired) electrons. The van der Waals surface area contributed by atoms with Gasteiger partial charge in [-0.2, -0.15) is 39.5 Å². The van der Waals surface area contributed by atoms with Crippen LogP contribution in [0.2, 0.25) is 0 Å². The van der Waals surface area contributed by atoms with Crippen molar-refractivity contribution in [2.24, 2.45) is 0 Å². The van der Waals surface area contributed by atoms with Crippen molar-refractivity contribution in [2.45, 2.75) is 18.5 Å². The van der Waals surface area contributed by atoms with Crippen molar-refractivity contribution in [1.82, 2.24) is 0 Å². The molecule has 1 aromatic heterocycles. The third-order valence-corrected chi connectivity index (χ3v) is 5.88. The van der Waals surface area contributed by atoms with Gasteiger partial charge in [0.05, 0.1) is 15.8 Å². The zero-order chi connectivity index (χ0) is 20.5. The van der Waals surface area contributed by atoms with E-state index in [1.54, 1.807) is 0 Å². The van der Waals surface area contributed by atoms with Crippen LogP contribution >= 0.6 is 33.9 Å². The van der Waals surface area contributed by atoms with E-state index >= 15 is 0 Å². The number of thiophene rings is 1. The Labute approximate surface area is 161 Å². The van der Waals surface area contributed by atoms with Crippen molar-refractivity contribution in [3.05, 3.63) is 38.5 Å². The summed E-state index contributed by atoms with van der Waals surface area (Å²) in [6.45, 7) is 0. The van der Waals surface area contributed by atoms with Crippen LogP contribution in [0.3, 0.4) is 0 Å². The second-order valence-electron chi connectivity index (χ2n) is 5.42. The van der Waals surface area contributed by atoms with E-state index in [9.17, 15) is 44.6 Å². The summed E-state index contributed by atoms with van der Waals surface area (Å²) >= 11 is 1.39. The minimum Gasteiger partial charge on any atom is -0.507 e. The van der Waals surface area contributed by atoms with E-state index in [4.69, 9.17) is 0 Å². The maximum absolute atomic E-state index is 13.3. The number of aromatic hydroxyl groups is 1. The van der Waals surface area contributed by atoms with Gasteiger partial charge in [0.25, 0.3) is 0 Å². The molecule has 12 heteroatoms. The van der Waals surface area contributed by atoms with Crippen molar-refractivity contribution in [1.29, 1.82) is 0 Å². The Kier molecular flexibility index (Phi) is 4.53. The number of phenolic OH excluding ortho intramolecular Hbond substituents is 1. The fourth-order valence-electron chi connectivity index (χ4n) is 2.68. The van der Waals surface area contributed by atoms with Gasteiger partial charge in [-0.05, 0) is 34.7 Å². The van der Waals surface area contributed by atoms with Gasteiger partial charge >= 0.3 is 18.5 Å². The van der Waals surface area contributed by atoms with E-state index in [1.807, 2.05) is 0 Å². The summed E-state index contributed by atoms with van der Waals surface area (Å²) < 4.78 is 117. The van der Waals surface area contributed by atoms with Crippen molar-refractivity contribution in [3.8, 4) is 5.75 Å². The molecule has 0 bridgehead atoms. The summed E-state index contributed by atoms with van der Waals surface area (Å²) in [5.74, 6) is -2.06. The molecule has 3 aromatic rings. The van der Waals surface area contributed by atoms with E-state index in [0.29, 0.717) is 0 Å². The molecule has 0 fully saturated rings. The lowest BCUT2D eigenvalue weighted by Crippen LogP contribution is -2.11. The molecule has 27 heavy (non-hydrogen) atoms. The average molecular weight is 530 g/mol. The molecule has 1 N–H and O–H groups in total. The molecule has 0 saturated carbocycles. The lowest BCUT2D eigenvalue weighted by Gasteiger charge is -2.15. The Morgan fingerprint density at radius 2 is 1.26 bits per heavy atom. The van der Waals surface area contributed by atoms with Crippen LogP contribution in [0.1, 0.15) is 16.7 Å². The molecule has 146 valence electrons. The van der Waals surface area contributed by atoms with Crippen LogP contribution in [0.4, 0.5) is 39.5 Å². The highest BCUT2D eigenvalue weighted by Crippen LogP contribution is 2.53. The van der Waals surface area contributed by atoms with Gasteiger partial charge in [0.2, 0.25) is 0 Å². The summed E-state index contributed by atoms with van der Waals surface area (Å²) in [5, 5.41) is 8.55. The molecule has 0 spiro atoms. The second-order valence-corrected chi connectivity index (χ2v) is 7.60. The van der Waals surface area contributed by atoms with Crippen LogP contribution in [0.25, 0.3) is 20.2 Å². The Morgan fingerprint density at radius 1 is 0.741 bits per heavy atom. The van der Waals surface area contributed by atoms with Gasteiger partial charge in [0, 0.05) is 19.0 Å². The molecular weight excluding hydrogens is 526 g/mol. The normalized spacial score (nSPS) is 13.7. The van der Waals surface area contributed by atoms with Gasteiger partial charge in [-0.25, -0.2) is 0 Å². The molecular formula is C15H4F9IOS. The first-order valence-electron chi connectivity index (χ1n) is 6.76. The van der Waals surface area contributed by atoms with Crippen LogP contribution in [-0.4, -0.2) is 5.11 Å².